The Morgan fingerprint density at radius 3 is 2.57 bits per heavy atom. The fourth-order valence-corrected chi connectivity index (χ4v) is 4.50. The minimum absolute atomic E-state index is 0.609. The number of halogens is 1. The molecule has 0 atom stereocenters. The second-order valence-corrected chi connectivity index (χ2v) is 8.08. The molecule has 4 nitrogen and oxygen atoms in total. The molecule has 3 aromatic heterocycles. The Morgan fingerprint density at radius 2 is 1.77 bits per heavy atom. The van der Waals surface area contributed by atoms with Gasteiger partial charge in [0.1, 0.15) is 16.3 Å². The summed E-state index contributed by atoms with van der Waals surface area (Å²) in [5, 5.41) is 7.39. The van der Waals surface area contributed by atoms with E-state index in [0.717, 1.165) is 43.4 Å². The third-order valence-corrected chi connectivity index (χ3v) is 5.87. The Kier molecular flexibility index (Phi) is 5.13. The van der Waals surface area contributed by atoms with Gasteiger partial charge in [-0.1, -0.05) is 60.1 Å². The summed E-state index contributed by atoms with van der Waals surface area (Å²) in [6.07, 6.45) is 1.76. The fourth-order valence-electron chi connectivity index (χ4n) is 3.34. The minimum atomic E-state index is 0.609. The first-order valence-corrected chi connectivity index (χ1v) is 10.8. The van der Waals surface area contributed by atoms with Gasteiger partial charge >= 0.3 is 0 Å². The van der Waals surface area contributed by atoms with Gasteiger partial charge in [-0.2, -0.15) is 0 Å². The molecule has 0 bridgehead atoms. The number of rotatable bonds is 5. The van der Waals surface area contributed by atoms with E-state index in [1.54, 1.807) is 17.5 Å². The Labute approximate surface area is 183 Å². The van der Waals surface area contributed by atoms with Gasteiger partial charge in [0.25, 0.3) is 0 Å². The lowest BCUT2D eigenvalue weighted by atomic mass is 10.1. The van der Waals surface area contributed by atoms with Crippen LogP contribution in [0.15, 0.2) is 84.4 Å². The molecule has 3 heterocycles. The molecule has 0 spiro atoms. The number of pyridine rings is 1. The Balaban J connectivity index is 1.63. The normalized spacial score (nSPS) is 11.0. The lowest BCUT2D eigenvalue weighted by molar-refractivity contribution is 1.10. The van der Waals surface area contributed by atoms with Crippen molar-refractivity contribution >= 4 is 39.0 Å². The highest BCUT2D eigenvalue weighted by Crippen LogP contribution is 2.38. The summed E-state index contributed by atoms with van der Waals surface area (Å²) in [7, 11) is 0. The first kappa shape index (κ1) is 18.7. The summed E-state index contributed by atoms with van der Waals surface area (Å²) < 4.78 is 0. The maximum atomic E-state index is 6.15. The van der Waals surface area contributed by atoms with Crippen LogP contribution in [0.2, 0.25) is 5.02 Å². The molecule has 5 aromatic rings. The third kappa shape index (κ3) is 3.77. The summed E-state index contributed by atoms with van der Waals surface area (Å²) in [5.74, 6) is 1.40. The standard InChI is InChI=1S/C24H17ClN4S/c25-18-10-6-7-16(13-18)14-27-23-21-19(17-8-2-1-3-9-17)15-30-24(21)29-22(28-23)20-11-4-5-12-26-20/h1-13,15H,14H2,(H,27,28,29). The maximum absolute atomic E-state index is 6.15. The van der Waals surface area contributed by atoms with Crippen molar-refractivity contribution in [3.63, 3.8) is 0 Å². The van der Waals surface area contributed by atoms with Gasteiger partial charge in [-0.25, -0.2) is 9.97 Å². The molecule has 146 valence electrons. The van der Waals surface area contributed by atoms with Crippen molar-refractivity contribution in [3.05, 3.63) is 95.0 Å². The van der Waals surface area contributed by atoms with Crippen molar-refractivity contribution < 1.29 is 0 Å². The first-order valence-electron chi connectivity index (χ1n) is 9.52. The highest BCUT2D eigenvalue weighted by atomic mass is 35.5. The predicted octanol–water partition coefficient (Wildman–Crippen LogP) is 6.69. The van der Waals surface area contributed by atoms with E-state index in [1.165, 1.54) is 0 Å². The van der Waals surface area contributed by atoms with Crippen LogP contribution in [0.3, 0.4) is 0 Å². The van der Waals surface area contributed by atoms with Gasteiger partial charge in [-0.3, -0.25) is 4.98 Å². The highest BCUT2D eigenvalue weighted by molar-refractivity contribution is 7.17. The Hall–Kier alpha value is -3.28. The molecule has 0 fully saturated rings. The number of aromatic nitrogens is 3. The summed E-state index contributed by atoms with van der Waals surface area (Å²) in [4.78, 5) is 15.0. The van der Waals surface area contributed by atoms with E-state index in [4.69, 9.17) is 21.6 Å². The van der Waals surface area contributed by atoms with Crippen LogP contribution in [0, 0.1) is 0 Å². The molecular weight excluding hydrogens is 412 g/mol. The van der Waals surface area contributed by atoms with Crippen LogP contribution in [0.4, 0.5) is 5.82 Å². The molecule has 0 unspecified atom stereocenters. The SMILES string of the molecule is Clc1cccc(CNc2nc(-c3ccccn3)nc3scc(-c4ccccc4)c23)c1. The summed E-state index contributed by atoms with van der Waals surface area (Å²) >= 11 is 7.77. The summed E-state index contributed by atoms with van der Waals surface area (Å²) in [5.41, 5.74) is 4.10. The number of anilines is 1. The van der Waals surface area contributed by atoms with Crippen LogP contribution >= 0.6 is 22.9 Å². The topological polar surface area (TPSA) is 50.7 Å². The molecule has 0 amide bonds. The Bertz CT molecular complexity index is 1300. The molecule has 6 heteroatoms. The minimum Gasteiger partial charge on any atom is -0.365 e. The van der Waals surface area contributed by atoms with Crippen LogP contribution < -0.4 is 5.32 Å². The van der Waals surface area contributed by atoms with Gasteiger partial charge in [0.2, 0.25) is 0 Å². The zero-order chi connectivity index (χ0) is 20.3. The van der Waals surface area contributed by atoms with E-state index < -0.39 is 0 Å². The molecule has 0 aliphatic heterocycles. The van der Waals surface area contributed by atoms with E-state index in [0.29, 0.717) is 12.4 Å². The van der Waals surface area contributed by atoms with Crippen molar-refractivity contribution in [1.29, 1.82) is 0 Å². The van der Waals surface area contributed by atoms with Gasteiger partial charge in [-0.15, -0.1) is 11.3 Å². The maximum Gasteiger partial charge on any atom is 0.181 e. The van der Waals surface area contributed by atoms with E-state index in [1.807, 2.05) is 60.7 Å². The van der Waals surface area contributed by atoms with Crippen molar-refractivity contribution in [2.45, 2.75) is 6.54 Å². The molecule has 2 aromatic carbocycles. The molecule has 1 N–H and O–H groups in total. The molecular formula is C24H17ClN4S. The number of thiophene rings is 1. The van der Waals surface area contributed by atoms with Crippen LogP contribution in [-0.2, 0) is 6.54 Å². The largest absolute Gasteiger partial charge is 0.365 e. The van der Waals surface area contributed by atoms with Crippen LogP contribution in [0.5, 0.6) is 0 Å². The highest BCUT2D eigenvalue weighted by Gasteiger charge is 2.16. The molecule has 5 rings (SSSR count). The smallest absolute Gasteiger partial charge is 0.181 e. The van der Waals surface area contributed by atoms with Gasteiger partial charge < -0.3 is 5.32 Å². The number of nitrogens with zero attached hydrogens (tertiary/aromatic N) is 3. The summed E-state index contributed by atoms with van der Waals surface area (Å²) in [6.45, 7) is 0.610. The number of fused-ring (bicyclic) bond motifs is 1. The lowest BCUT2D eigenvalue weighted by Gasteiger charge is -2.11. The number of hydrogen-bond donors (Lipinski definition) is 1. The van der Waals surface area contributed by atoms with Crippen LogP contribution in [0.1, 0.15) is 5.56 Å². The van der Waals surface area contributed by atoms with Gasteiger partial charge in [-0.05, 0) is 35.4 Å². The van der Waals surface area contributed by atoms with Gasteiger partial charge in [0.15, 0.2) is 5.82 Å². The van der Waals surface area contributed by atoms with Crippen molar-refractivity contribution in [2.24, 2.45) is 0 Å². The van der Waals surface area contributed by atoms with Gasteiger partial charge in [0, 0.05) is 28.7 Å². The second kappa shape index (κ2) is 8.22. The molecule has 0 saturated heterocycles. The lowest BCUT2D eigenvalue weighted by Crippen LogP contribution is -2.04. The monoisotopic (exact) mass is 428 g/mol. The van der Waals surface area contributed by atoms with Crippen LogP contribution in [-0.4, -0.2) is 15.0 Å². The van der Waals surface area contributed by atoms with Crippen molar-refractivity contribution in [3.8, 4) is 22.6 Å². The van der Waals surface area contributed by atoms with Crippen molar-refractivity contribution in [2.75, 3.05) is 5.32 Å². The van der Waals surface area contributed by atoms with Crippen molar-refractivity contribution in [1.82, 2.24) is 15.0 Å². The quantitative estimate of drug-likeness (QED) is 0.339. The van der Waals surface area contributed by atoms with E-state index in [2.05, 4.69) is 27.8 Å². The molecule has 0 aliphatic rings. The number of hydrogen-bond acceptors (Lipinski definition) is 5. The average molecular weight is 429 g/mol. The van der Waals surface area contributed by atoms with E-state index in [9.17, 15) is 0 Å². The number of benzene rings is 2. The van der Waals surface area contributed by atoms with E-state index in [-0.39, 0.29) is 0 Å². The third-order valence-electron chi connectivity index (χ3n) is 4.76. The molecule has 0 radical (unpaired) electrons. The number of nitrogens with one attached hydrogen (secondary N) is 1. The Morgan fingerprint density at radius 1 is 0.900 bits per heavy atom. The van der Waals surface area contributed by atoms with E-state index >= 15 is 0 Å². The van der Waals surface area contributed by atoms with Crippen LogP contribution in [0.25, 0.3) is 32.9 Å². The average Bonchev–Trinajstić information content (AvgIpc) is 3.23. The second-order valence-electron chi connectivity index (χ2n) is 6.79. The fraction of sp³-hybridized carbons (Fsp3) is 0.0417. The summed E-state index contributed by atoms with van der Waals surface area (Å²) in [6, 6.07) is 23.9. The molecule has 0 saturated carbocycles. The predicted molar refractivity (Wildman–Crippen MR) is 125 cm³/mol. The molecule has 30 heavy (non-hydrogen) atoms. The van der Waals surface area contributed by atoms with Gasteiger partial charge in [0.05, 0.1) is 5.39 Å². The first-order chi connectivity index (χ1) is 14.8. The molecule has 0 aliphatic carbocycles. The zero-order valence-corrected chi connectivity index (χ0v) is 17.5. The zero-order valence-electron chi connectivity index (χ0n) is 15.9.